The normalized spacial score (nSPS) is 18.1. The standard InChI is InChI=1S/C13H14BrNO4S2/c1-7(16)20-5-8-3-10(17)15(4-8)11-9(14)6-21-12(11)13(18)19-2/h6,8H,3-5H2,1-2H3. The third kappa shape index (κ3) is 3.67. The Kier molecular flexibility index (Phi) is 5.45. The van der Waals surface area contributed by atoms with Gasteiger partial charge in [0.15, 0.2) is 5.12 Å². The third-order valence-electron chi connectivity index (χ3n) is 3.09. The molecular formula is C13H14BrNO4S2. The number of halogens is 1. The lowest BCUT2D eigenvalue weighted by Gasteiger charge is -2.17. The molecule has 1 amide bonds. The van der Waals surface area contributed by atoms with Crippen LogP contribution >= 0.6 is 39.0 Å². The average Bonchev–Trinajstić information content (AvgIpc) is 2.98. The molecule has 114 valence electrons. The van der Waals surface area contributed by atoms with Crippen molar-refractivity contribution in [2.75, 3.05) is 24.3 Å². The Morgan fingerprint density at radius 1 is 1.57 bits per heavy atom. The van der Waals surface area contributed by atoms with Crippen molar-refractivity contribution in [3.8, 4) is 0 Å². The second kappa shape index (κ2) is 6.93. The van der Waals surface area contributed by atoms with Crippen LogP contribution in [0.1, 0.15) is 23.0 Å². The van der Waals surface area contributed by atoms with Crippen LogP contribution in [-0.4, -0.2) is 36.4 Å². The van der Waals surface area contributed by atoms with Gasteiger partial charge in [0, 0.05) is 31.0 Å². The van der Waals surface area contributed by atoms with Crippen LogP contribution in [0.15, 0.2) is 9.85 Å². The molecule has 0 aliphatic carbocycles. The van der Waals surface area contributed by atoms with E-state index in [1.807, 2.05) is 0 Å². The SMILES string of the molecule is COC(=O)c1scc(Br)c1N1CC(CSC(C)=O)CC1=O. The summed E-state index contributed by atoms with van der Waals surface area (Å²) in [6, 6.07) is 0. The van der Waals surface area contributed by atoms with Gasteiger partial charge in [-0.2, -0.15) is 0 Å². The second-order valence-electron chi connectivity index (χ2n) is 4.63. The average molecular weight is 392 g/mol. The molecule has 0 N–H and O–H groups in total. The van der Waals surface area contributed by atoms with Crippen molar-refractivity contribution in [3.05, 3.63) is 14.7 Å². The van der Waals surface area contributed by atoms with Gasteiger partial charge in [-0.1, -0.05) is 11.8 Å². The van der Waals surface area contributed by atoms with E-state index < -0.39 is 5.97 Å². The minimum absolute atomic E-state index is 0.0339. The number of thioether (sulfide) groups is 1. The van der Waals surface area contributed by atoms with Crippen molar-refractivity contribution in [3.63, 3.8) is 0 Å². The summed E-state index contributed by atoms with van der Waals surface area (Å²) in [6.07, 6.45) is 0.392. The first kappa shape index (κ1) is 16.5. The van der Waals surface area contributed by atoms with E-state index >= 15 is 0 Å². The summed E-state index contributed by atoms with van der Waals surface area (Å²) in [5.41, 5.74) is 0.576. The highest BCUT2D eigenvalue weighted by atomic mass is 79.9. The summed E-state index contributed by atoms with van der Waals surface area (Å²) in [7, 11) is 1.32. The Bertz CT molecular complexity index is 587. The van der Waals surface area contributed by atoms with E-state index in [-0.39, 0.29) is 16.9 Å². The molecular weight excluding hydrogens is 378 g/mol. The van der Waals surface area contributed by atoms with E-state index in [1.165, 1.54) is 37.1 Å². The number of carbonyl (C=O) groups is 3. The van der Waals surface area contributed by atoms with E-state index in [1.54, 1.807) is 10.3 Å². The Labute approximate surface area is 139 Å². The molecule has 0 bridgehead atoms. The molecule has 0 spiro atoms. The van der Waals surface area contributed by atoms with Gasteiger partial charge in [0.1, 0.15) is 4.88 Å². The van der Waals surface area contributed by atoms with Crippen molar-refractivity contribution in [1.29, 1.82) is 0 Å². The lowest BCUT2D eigenvalue weighted by atomic mass is 10.1. The van der Waals surface area contributed by atoms with Gasteiger partial charge >= 0.3 is 5.97 Å². The summed E-state index contributed by atoms with van der Waals surface area (Å²) >= 11 is 5.86. The lowest BCUT2D eigenvalue weighted by molar-refractivity contribution is -0.117. The Hall–Kier alpha value is -0.860. The number of methoxy groups -OCH3 is 1. The topological polar surface area (TPSA) is 63.7 Å². The van der Waals surface area contributed by atoms with Gasteiger partial charge in [-0.05, 0) is 21.8 Å². The van der Waals surface area contributed by atoms with Gasteiger partial charge in [-0.15, -0.1) is 11.3 Å². The van der Waals surface area contributed by atoms with E-state index in [4.69, 9.17) is 4.74 Å². The molecule has 1 aromatic heterocycles. The van der Waals surface area contributed by atoms with Crippen LogP contribution in [0.2, 0.25) is 0 Å². The molecule has 1 aromatic rings. The van der Waals surface area contributed by atoms with E-state index in [0.29, 0.717) is 33.8 Å². The monoisotopic (exact) mass is 391 g/mol. The fraction of sp³-hybridized carbons (Fsp3) is 0.462. The predicted molar refractivity (Wildman–Crippen MR) is 87.0 cm³/mol. The lowest BCUT2D eigenvalue weighted by Crippen LogP contribution is -2.26. The largest absolute Gasteiger partial charge is 0.465 e. The second-order valence-corrected chi connectivity index (χ2v) is 7.56. The van der Waals surface area contributed by atoms with E-state index in [0.717, 1.165) is 0 Å². The van der Waals surface area contributed by atoms with Crippen LogP contribution in [0.5, 0.6) is 0 Å². The number of hydrogen-bond donors (Lipinski definition) is 0. The number of rotatable bonds is 4. The molecule has 2 heterocycles. The van der Waals surface area contributed by atoms with Gasteiger partial charge in [-0.25, -0.2) is 4.79 Å². The van der Waals surface area contributed by atoms with Gasteiger partial charge in [0.25, 0.3) is 0 Å². The van der Waals surface area contributed by atoms with Crippen LogP contribution < -0.4 is 4.90 Å². The van der Waals surface area contributed by atoms with Crippen LogP contribution in [0.3, 0.4) is 0 Å². The number of carbonyl (C=O) groups excluding carboxylic acids is 3. The Balaban J connectivity index is 2.19. The maximum atomic E-state index is 12.2. The zero-order valence-electron chi connectivity index (χ0n) is 11.6. The number of hydrogen-bond acceptors (Lipinski definition) is 6. The van der Waals surface area contributed by atoms with Crippen molar-refractivity contribution in [2.45, 2.75) is 13.3 Å². The summed E-state index contributed by atoms with van der Waals surface area (Å²) < 4.78 is 5.46. The molecule has 1 saturated heterocycles. The van der Waals surface area contributed by atoms with E-state index in [2.05, 4.69) is 15.9 Å². The first-order valence-electron chi connectivity index (χ1n) is 6.23. The third-order valence-corrected chi connectivity index (χ3v) is 5.99. The zero-order chi connectivity index (χ0) is 15.6. The number of amides is 1. The summed E-state index contributed by atoms with van der Waals surface area (Å²) in [4.78, 5) is 37.0. The van der Waals surface area contributed by atoms with Crippen molar-refractivity contribution < 1.29 is 19.1 Å². The molecule has 1 atom stereocenters. The van der Waals surface area contributed by atoms with Crippen LogP contribution in [0.4, 0.5) is 5.69 Å². The minimum Gasteiger partial charge on any atom is -0.465 e. The van der Waals surface area contributed by atoms with Crippen molar-refractivity contribution >= 4 is 61.7 Å². The molecule has 0 aromatic carbocycles. The summed E-state index contributed by atoms with van der Waals surface area (Å²) in [5, 5.41) is 1.82. The molecule has 1 aliphatic heterocycles. The van der Waals surface area contributed by atoms with Crippen LogP contribution in [0.25, 0.3) is 0 Å². The van der Waals surface area contributed by atoms with Gasteiger partial charge < -0.3 is 9.64 Å². The van der Waals surface area contributed by atoms with Crippen molar-refractivity contribution in [2.24, 2.45) is 5.92 Å². The molecule has 0 saturated carbocycles. The molecule has 1 unspecified atom stereocenters. The Morgan fingerprint density at radius 2 is 2.29 bits per heavy atom. The maximum Gasteiger partial charge on any atom is 0.350 e. The maximum absolute atomic E-state index is 12.2. The highest BCUT2D eigenvalue weighted by Crippen LogP contribution is 2.39. The predicted octanol–water partition coefficient (Wildman–Crippen LogP) is 2.93. The Morgan fingerprint density at radius 3 is 2.90 bits per heavy atom. The molecule has 1 fully saturated rings. The quantitative estimate of drug-likeness (QED) is 0.738. The van der Waals surface area contributed by atoms with Gasteiger partial charge in [0.05, 0.1) is 17.3 Å². The van der Waals surface area contributed by atoms with Crippen molar-refractivity contribution in [1.82, 2.24) is 0 Å². The van der Waals surface area contributed by atoms with E-state index in [9.17, 15) is 14.4 Å². The number of esters is 1. The molecule has 5 nitrogen and oxygen atoms in total. The first-order valence-corrected chi connectivity index (χ1v) is 8.89. The molecule has 1 aliphatic rings. The highest BCUT2D eigenvalue weighted by Gasteiger charge is 2.35. The highest BCUT2D eigenvalue weighted by molar-refractivity contribution is 9.10. The van der Waals surface area contributed by atoms with Crippen LogP contribution in [0, 0.1) is 5.92 Å². The smallest absolute Gasteiger partial charge is 0.350 e. The van der Waals surface area contributed by atoms with Crippen LogP contribution in [-0.2, 0) is 14.3 Å². The fourth-order valence-electron chi connectivity index (χ4n) is 2.16. The number of anilines is 1. The summed E-state index contributed by atoms with van der Waals surface area (Å²) in [5.74, 6) is 0.250. The number of nitrogens with zero attached hydrogens (tertiary/aromatic N) is 1. The molecule has 2 rings (SSSR count). The molecule has 0 radical (unpaired) electrons. The molecule has 8 heteroatoms. The first-order chi connectivity index (χ1) is 9.93. The fourth-order valence-corrected chi connectivity index (χ4v) is 4.53. The number of thiophene rings is 1. The molecule has 21 heavy (non-hydrogen) atoms. The summed E-state index contributed by atoms with van der Waals surface area (Å²) in [6.45, 7) is 2.03. The minimum atomic E-state index is -0.449. The van der Waals surface area contributed by atoms with Gasteiger partial charge in [-0.3, -0.25) is 9.59 Å². The zero-order valence-corrected chi connectivity index (χ0v) is 14.8. The van der Waals surface area contributed by atoms with Gasteiger partial charge in [0.2, 0.25) is 5.91 Å². The number of ether oxygens (including phenoxy) is 1.